The zero-order valence-electron chi connectivity index (χ0n) is 13.8. The Balaban J connectivity index is 2.03. The first-order chi connectivity index (χ1) is 11.7. The minimum absolute atomic E-state index is 0.0154. The number of nitrogens with zero attached hydrogens (tertiary/aromatic N) is 3. The molecule has 3 rings (SSSR count). The molecule has 1 aromatic heterocycles. The van der Waals surface area contributed by atoms with E-state index in [1.54, 1.807) is 6.20 Å². The number of ether oxygens (including phenoxy) is 1. The Labute approximate surface area is 141 Å². The van der Waals surface area contributed by atoms with E-state index in [1.807, 2.05) is 35.2 Å². The van der Waals surface area contributed by atoms with Crippen LogP contribution >= 0.6 is 0 Å². The molecule has 1 aliphatic rings. The Morgan fingerprint density at radius 2 is 2.12 bits per heavy atom. The number of benzene rings is 1. The van der Waals surface area contributed by atoms with Gasteiger partial charge in [-0.25, -0.2) is 9.97 Å². The summed E-state index contributed by atoms with van der Waals surface area (Å²) < 4.78 is 5.03. The fourth-order valence-corrected chi connectivity index (χ4v) is 3.22. The minimum atomic E-state index is -0.0955. The third-order valence-electron chi connectivity index (χ3n) is 4.33. The van der Waals surface area contributed by atoms with Crippen LogP contribution in [0.5, 0.6) is 0 Å². The molecule has 1 atom stereocenters. The van der Waals surface area contributed by atoms with Gasteiger partial charge in [0.1, 0.15) is 6.61 Å². The van der Waals surface area contributed by atoms with Crippen molar-refractivity contribution in [1.29, 1.82) is 0 Å². The summed E-state index contributed by atoms with van der Waals surface area (Å²) in [6, 6.07) is 9.86. The summed E-state index contributed by atoms with van der Waals surface area (Å²) in [6.45, 7) is 0.794. The second kappa shape index (κ2) is 7.40. The number of rotatable bonds is 4. The van der Waals surface area contributed by atoms with Crippen LogP contribution in [0.1, 0.15) is 31.0 Å². The van der Waals surface area contributed by atoms with Crippen LogP contribution < -0.4 is 5.73 Å². The van der Waals surface area contributed by atoms with E-state index in [4.69, 9.17) is 10.5 Å². The zero-order valence-corrected chi connectivity index (χ0v) is 13.8. The van der Waals surface area contributed by atoms with Crippen LogP contribution in [0.4, 0.5) is 5.95 Å². The number of aromatic nitrogens is 2. The van der Waals surface area contributed by atoms with E-state index in [9.17, 15) is 4.79 Å². The van der Waals surface area contributed by atoms with Crippen LogP contribution in [-0.2, 0) is 9.53 Å². The number of anilines is 1. The van der Waals surface area contributed by atoms with Gasteiger partial charge in [0.25, 0.3) is 0 Å². The number of amides is 1. The highest BCUT2D eigenvalue weighted by Gasteiger charge is 2.31. The van der Waals surface area contributed by atoms with Crippen molar-refractivity contribution in [3.8, 4) is 11.1 Å². The summed E-state index contributed by atoms with van der Waals surface area (Å²) >= 11 is 0. The second-order valence-electron chi connectivity index (χ2n) is 5.92. The van der Waals surface area contributed by atoms with Crippen LogP contribution in [0, 0.1) is 0 Å². The monoisotopic (exact) mass is 326 g/mol. The maximum absolute atomic E-state index is 12.4. The molecule has 6 heteroatoms. The summed E-state index contributed by atoms with van der Waals surface area (Å²) in [4.78, 5) is 23.0. The second-order valence-corrected chi connectivity index (χ2v) is 5.92. The van der Waals surface area contributed by atoms with Crippen molar-refractivity contribution >= 4 is 11.9 Å². The number of hydrogen-bond acceptors (Lipinski definition) is 5. The van der Waals surface area contributed by atoms with Crippen LogP contribution in [0.25, 0.3) is 11.1 Å². The predicted molar refractivity (Wildman–Crippen MR) is 92.1 cm³/mol. The van der Waals surface area contributed by atoms with Gasteiger partial charge < -0.3 is 15.4 Å². The minimum Gasteiger partial charge on any atom is -0.375 e. The molecule has 1 aliphatic heterocycles. The van der Waals surface area contributed by atoms with E-state index < -0.39 is 0 Å². The number of carbonyl (C=O) groups excluding carboxylic acids is 1. The molecule has 1 fully saturated rings. The molecule has 0 saturated carbocycles. The van der Waals surface area contributed by atoms with Crippen LogP contribution in [0.3, 0.4) is 0 Å². The molecule has 2 heterocycles. The van der Waals surface area contributed by atoms with Crippen LogP contribution in [0.15, 0.2) is 36.5 Å². The number of nitrogen functional groups attached to an aromatic ring is 1. The van der Waals surface area contributed by atoms with E-state index in [2.05, 4.69) is 9.97 Å². The maximum atomic E-state index is 12.4. The molecule has 1 aromatic carbocycles. The van der Waals surface area contributed by atoms with E-state index in [-0.39, 0.29) is 24.5 Å². The zero-order chi connectivity index (χ0) is 16.9. The third kappa shape index (κ3) is 3.38. The lowest BCUT2D eigenvalue weighted by molar-refractivity contribution is -0.139. The predicted octanol–water partition coefficient (Wildman–Crippen LogP) is 2.43. The largest absolute Gasteiger partial charge is 0.375 e. The van der Waals surface area contributed by atoms with Crippen LogP contribution in [0.2, 0.25) is 0 Å². The molecule has 0 aliphatic carbocycles. The lowest BCUT2D eigenvalue weighted by Crippen LogP contribution is -2.41. The van der Waals surface area contributed by atoms with Crippen molar-refractivity contribution in [2.24, 2.45) is 0 Å². The van der Waals surface area contributed by atoms with Gasteiger partial charge in [-0.05, 0) is 24.8 Å². The average Bonchev–Trinajstić information content (AvgIpc) is 2.62. The van der Waals surface area contributed by atoms with Gasteiger partial charge in [0.05, 0.1) is 11.7 Å². The van der Waals surface area contributed by atoms with Gasteiger partial charge in [0.2, 0.25) is 11.9 Å². The van der Waals surface area contributed by atoms with Crippen molar-refractivity contribution in [2.75, 3.05) is 26.0 Å². The number of nitrogens with two attached hydrogens (primary N) is 1. The molecule has 0 spiro atoms. The number of carbonyl (C=O) groups is 1. The summed E-state index contributed by atoms with van der Waals surface area (Å²) in [5, 5.41) is 0. The molecule has 2 N–H and O–H groups in total. The SMILES string of the molecule is COCC(=O)N1CCCC[C@@H]1c1nc(N)ncc1-c1ccccc1. The fourth-order valence-electron chi connectivity index (χ4n) is 3.22. The number of piperidine rings is 1. The molecule has 126 valence electrons. The van der Waals surface area contributed by atoms with Crippen molar-refractivity contribution in [1.82, 2.24) is 14.9 Å². The summed E-state index contributed by atoms with van der Waals surface area (Å²) in [6.07, 6.45) is 4.67. The molecular weight excluding hydrogens is 304 g/mol. The topological polar surface area (TPSA) is 81.3 Å². The first kappa shape index (κ1) is 16.4. The summed E-state index contributed by atoms with van der Waals surface area (Å²) in [5.41, 5.74) is 8.61. The van der Waals surface area contributed by atoms with Gasteiger partial charge in [0.15, 0.2) is 0 Å². The first-order valence-corrected chi connectivity index (χ1v) is 8.17. The Bertz CT molecular complexity index is 705. The fraction of sp³-hybridized carbons (Fsp3) is 0.389. The van der Waals surface area contributed by atoms with E-state index in [0.29, 0.717) is 6.54 Å². The molecule has 0 unspecified atom stereocenters. The normalized spacial score (nSPS) is 17.7. The van der Waals surface area contributed by atoms with Crippen molar-refractivity contribution < 1.29 is 9.53 Å². The number of likely N-dealkylation sites (tertiary alicyclic amines) is 1. The van der Waals surface area contributed by atoms with Crippen LogP contribution in [-0.4, -0.2) is 41.0 Å². The van der Waals surface area contributed by atoms with Gasteiger partial charge in [-0.15, -0.1) is 0 Å². The van der Waals surface area contributed by atoms with Crippen molar-refractivity contribution in [3.05, 3.63) is 42.2 Å². The first-order valence-electron chi connectivity index (χ1n) is 8.17. The highest BCUT2D eigenvalue weighted by molar-refractivity contribution is 5.78. The highest BCUT2D eigenvalue weighted by atomic mass is 16.5. The molecule has 0 bridgehead atoms. The van der Waals surface area contributed by atoms with Gasteiger partial charge in [-0.1, -0.05) is 30.3 Å². The Morgan fingerprint density at radius 3 is 2.88 bits per heavy atom. The summed E-state index contributed by atoms with van der Waals surface area (Å²) in [5.74, 6) is 0.216. The van der Waals surface area contributed by atoms with Gasteiger partial charge in [-0.2, -0.15) is 0 Å². The molecule has 1 amide bonds. The Hall–Kier alpha value is -2.47. The smallest absolute Gasteiger partial charge is 0.249 e. The lowest BCUT2D eigenvalue weighted by Gasteiger charge is -2.36. The van der Waals surface area contributed by atoms with E-state index >= 15 is 0 Å². The maximum Gasteiger partial charge on any atom is 0.249 e. The van der Waals surface area contributed by atoms with E-state index in [0.717, 1.165) is 36.1 Å². The van der Waals surface area contributed by atoms with Gasteiger partial charge in [0, 0.05) is 25.4 Å². The standard InChI is InChI=1S/C18H22N4O2/c1-24-12-16(23)22-10-6-5-9-15(22)17-14(11-20-18(19)21-17)13-7-3-2-4-8-13/h2-4,7-8,11,15H,5-6,9-10,12H2,1H3,(H2,19,20,21)/t15-/m1/s1. The van der Waals surface area contributed by atoms with Crippen molar-refractivity contribution in [3.63, 3.8) is 0 Å². The summed E-state index contributed by atoms with van der Waals surface area (Å²) in [7, 11) is 1.54. The highest BCUT2D eigenvalue weighted by Crippen LogP contribution is 2.35. The lowest BCUT2D eigenvalue weighted by atomic mass is 9.94. The number of methoxy groups -OCH3 is 1. The molecule has 6 nitrogen and oxygen atoms in total. The number of hydrogen-bond donors (Lipinski definition) is 1. The molecule has 0 radical (unpaired) electrons. The quantitative estimate of drug-likeness (QED) is 0.933. The average molecular weight is 326 g/mol. The van der Waals surface area contributed by atoms with Gasteiger partial charge in [-0.3, -0.25) is 4.79 Å². The van der Waals surface area contributed by atoms with Crippen molar-refractivity contribution in [2.45, 2.75) is 25.3 Å². The van der Waals surface area contributed by atoms with E-state index in [1.165, 1.54) is 7.11 Å². The van der Waals surface area contributed by atoms with Gasteiger partial charge >= 0.3 is 0 Å². The molecule has 1 saturated heterocycles. The molecular formula is C18H22N4O2. The third-order valence-corrected chi connectivity index (χ3v) is 4.33. The Kier molecular flexibility index (Phi) is 5.05. The Morgan fingerprint density at radius 1 is 1.33 bits per heavy atom. The molecule has 24 heavy (non-hydrogen) atoms. The molecule has 2 aromatic rings.